The Bertz CT molecular complexity index is 633. The molecule has 0 bridgehead atoms. The third-order valence-electron chi connectivity index (χ3n) is 0. The first-order valence-electron chi connectivity index (χ1n) is 3.33. The third kappa shape index (κ3) is 2430. The maximum absolute atomic E-state index is 8.52. The number of hydrogen-bond donors (Lipinski definition) is 0. The van der Waals surface area contributed by atoms with Gasteiger partial charge in [0.25, 0.3) is 0 Å². The Hall–Kier alpha value is 3.47. The fourth-order valence-electron chi connectivity index (χ4n) is 0. The monoisotopic (exact) mass is 641 g/mol. The predicted octanol–water partition coefficient (Wildman–Crippen LogP) is -8.59. The van der Waals surface area contributed by atoms with Gasteiger partial charge >= 0.3 is 128 Å². The Balaban J connectivity index is -0.0000000200. The van der Waals surface area contributed by atoms with Gasteiger partial charge in [-0.3, -0.25) is 42.1 Å². The molecule has 30 heteroatoms. The van der Waals surface area contributed by atoms with Crippen LogP contribution in [0, 0.1) is 0 Å². The standard InChI is InChI=1S/3Al.2Ca.5H2O4S/c;;;;;5*1-5(2,3)4/h;;;;;5*(H2,1,2,3,4)/q3*+3;2*+2;;;;;/p-10. The van der Waals surface area contributed by atoms with Gasteiger partial charge in [0, 0.05) is 52.0 Å². The smallest absolute Gasteiger partial charge is 0.759 e. The average molecular weight is 641 g/mol. The molecule has 0 aromatic rings. The molecule has 0 amide bonds. The molecule has 0 saturated carbocycles. The summed E-state index contributed by atoms with van der Waals surface area (Å²) in [5, 5.41) is 0. The molecular formula is Al3Ca2O20S5+3. The molecule has 0 aliphatic carbocycles. The van der Waals surface area contributed by atoms with E-state index in [0.29, 0.717) is 0 Å². The zero-order chi connectivity index (χ0) is 22.5. The topological polar surface area (TPSA) is 401 Å². The molecule has 160 valence electrons. The molecular weight excluding hydrogens is 641 g/mol. The minimum Gasteiger partial charge on any atom is -0.759 e. The van der Waals surface area contributed by atoms with E-state index in [0.717, 1.165) is 0 Å². The van der Waals surface area contributed by atoms with E-state index in [9.17, 15) is 0 Å². The summed E-state index contributed by atoms with van der Waals surface area (Å²) >= 11 is 0. The second-order valence-electron chi connectivity index (χ2n) is 2.04. The van der Waals surface area contributed by atoms with Crippen LogP contribution in [0.5, 0.6) is 0 Å². The minimum atomic E-state index is -5.17. The summed E-state index contributed by atoms with van der Waals surface area (Å²) in [6, 6.07) is 0. The van der Waals surface area contributed by atoms with E-state index < -0.39 is 52.0 Å². The number of rotatable bonds is 0. The molecule has 0 heterocycles. The first-order chi connectivity index (χ1) is 10.0. The van der Waals surface area contributed by atoms with E-state index >= 15 is 0 Å². The van der Waals surface area contributed by atoms with Crippen molar-refractivity contribution in [1.29, 1.82) is 0 Å². The van der Waals surface area contributed by atoms with Crippen LogP contribution >= 0.6 is 0 Å². The normalized spacial score (nSPS) is 9.67. The molecule has 0 aliphatic rings. The van der Waals surface area contributed by atoms with E-state index in [4.69, 9.17) is 87.6 Å². The van der Waals surface area contributed by atoms with Crippen LogP contribution in [-0.4, -0.2) is 215 Å². The molecule has 0 fully saturated rings. The third-order valence-corrected chi connectivity index (χ3v) is 0. The van der Waals surface area contributed by atoms with Gasteiger partial charge in [-0.1, -0.05) is 0 Å². The van der Waals surface area contributed by atoms with Crippen LogP contribution in [-0.2, 0) is 52.0 Å². The van der Waals surface area contributed by atoms with Crippen LogP contribution in [0.25, 0.3) is 0 Å². The second kappa shape index (κ2) is 28.7. The fraction of sp³-hybridized carbons (Fsp3) is 0. The molecule has 0 saturated heterocycles. The summed E-state index contributed by atoms with van der Waals surface area (Å²) in [4.78, 5) is 0. The van der Waals surface area contributed by atoms with Crippen LogP contribution < -0.4 is 0 Å². The molecule has 0 aliphatic heterocycles. The molecule has 0 spiro atoms. The van der Waals surface area contributed by atoms with Crippen molar-refractivity contribution in [3.8, 4) is 0 Å². The van der Waals surface area contributed by atoms with Gasteiger partial charge in [0.2, 0.25) is 0 Å². The van der Waals surface area contributed by atoms with Crippen LogP contribution in [0.4, 0.5) is 0 Å². The van der Waals surface area contributed by atoms with Crippen molar-refractivity contribution in [3.63, 3.8) is 0 Å². The summed E-state index contributed by atoms with van der Waals surface area (Å²) in [5.41, 5.74) is 0. The van der Waals surface area contributed by atoms with Gasteiger partial charge < -0.3 is 45.5 Å². The van der Waals surface area contributed by atoms with Crippen molar-refractivity contribution in [3.05, 3.63) is 0 Å². The molecule has 0 aromatic carbocycles. The van der Waals surface area contributed by atoms with E-state index in [1.54, 1.807) is 0 Å². The Morgan fingerprint density at radius 1 is 0.267 bits per heavy atom. The first kappa shape index (κ1) is 64.1. The van der Waals surface area contributed by atoms with Gasteiger partial charge in [0.1, 0.15) is 0 Å². The zero-order valence-corrected chi connectivity index (χ0v) is 25.3. The van der Waals surface area contributed by atoms with Crippen LogP contribution in [0.3, 0.4) is 0 Å². The molecule has 0 atom stereocenters. The summed E-state index contributed by atoms with van der Waals surface area (Å²) in [6.45, 7) is 0. The van der Waals surface area contributed by atoms with Crippen LogP contribution in [0.15, 0.2) is 0 Å². The summed E-state index contributed by atoms with van der Waals surface area (Å²) in [6.07, 6.45) is 0. The Labute approximate surface area is 262 Å². The van der Waals surface area contributed by atoms with Gasteiger partial charge in [-0.05, 0) is 0 Å². The van der Waals surface area contributed by atoms with E-state index in [2.05, 4.69) is 0 Å². The van der Waals surface area contributed by atoms with Crippen LogP contribution in [0.2, 0.25) is 0 Å². The molecule has 30 heavy (non-hydrogen) atoms. The molecule has 0 radical (unpaired) electrons. The first-order valence-corrected chi connectivity index (χ1v) is 10.0. The SMILES string of the molecule is O=S(=O)([O-])[O-].O=S(=O)([O-])[O-].O=S(=O)([O-])[O-].O=S(=O)([O-])[O-].O=S(=O)([O-])[O-].[Al+3].[Al+3].[Al+3].[Ca+2].[Ca+2]. The maximum Gasteiger partial charge on any atom is 3.00 e. The largest absolute Gasteiger partial charge is 3.00 e. The van der Waals surface area contributed by atoms with E-state index in [-0.39, 0.29) is 128 Å². The van der Waals surface area contributed by atoms with Gasteiger partial charge in [0.05, 0.1) is 0 Å². The molecule has 20 nitrogen and oxygen atoms in total. The van der Waals surface area contributed by atoms with Crippen molar-refractivity contribution in [2.45, 2.75) is 0 Å². The Morgan fingerprint density at radius 2 is 0.267 bits per heavy atom. The Kier molecular flexibility index (Phi) is 61.3. The average Bonchev–Trinajstić information content (AvgIpc) is 1.79. The van der Waals surface area contributed by atoms with Gasteiger partial charge in [-0.15, -0.1) is 0 Å². The predicted molar refractivity (Wildman–Crippen MR) is 81.1 cm³/mol. The maximum atomic E-state index is 8.52. The van der Waals surface area contributed by atoms with Crippen LogP contribution in [0.1, 0.15) is 0 Å². The van der Waals surface area contributed by atoms with Gasteiger partial charge in [0.15, 0.2) is 0 Å². The molecule has 0 rings (SSSR count). The molecule has 0 N–H and O–H groups in total. The second-order valence-corrected chi connectivity index (χ2v) is 6.12. The van der Waals surface area contributed by atoms with Crippen molar-refractivity contribution >= 4 is 180 Å². The summed E-state index contributed by atoms with van der Waals surface area (Å²) in [5.74, 6) is 0. The van der Waals surface area contributed by atoms with E-state index in [1.807, 2.05) is 0 Å². The number of hydrogen-bond acceptors (Lipinski definition) is 20. The minimum absolute atomic E-state index is 0. The van der Waals surface area contributed by atoms with Crippen molar-refractivity contribution in [2.75, 3.05) is 0 Å². The molecule has 0 aromatic heterocycles. The van der Waals surface area contributed by atoms with E-state index in [1.165, 1.54) is 0 Å². The Morgan fingerprint density at radius 3 is 0.267 bits per heavy atom. The van der Waals surface area contributed by atoms with Crippen molar-refractivity contribution in [1.82, 2.24) is 0 Å². The molecule has 0 unspecified atom stereocenters. The fourth-order valence-corrected chi connectivity index (χ4v) is 0. The summed E-state index contributed by atoms with van der Waals surface area (Å²) < 4.78 is 170. The van der Waals surface area contributed by atoms with Crippen molar-refractivity contribution < 1.29 is 87.6 Å². The summed E-state index contributed by atoms with van der Waals surface area (Å²) in [7, 11) is -25.8. The van der Waals surface area contributed by atoms with Crippen molar-refractivity contribution in [2.24, 2.45) is 0 Å². The van der Waals surface area contributed by atoms with Gasteiger partial charge in [-0.2, -0.15) is 0 Å². The van der Waals surface area contributed by atoms with Gasteiger partial charge in [-0.25, -0.2) is 0 Å². The zero-order valence-electron chi connectivity index (χ0n) is 13.4. The quantitative estimate of drug-likeness (QED) is 0.134.